The first kappa shape index (κ1) is 21.1. The minimum absolute atomic E-state index is 0.621. The summed E-state index contributed by atoms with van der Waals surface area (Å²) in [7, 11) is 0. The lowest BCUT2D eigenvalue weighted by atomic mass is 10.2. The van der Waals surface area contributed by atoms with E-state index in [1.54, 1.807) is 0 Å². The molecule has 1 aliphatic heterocycles. The van der Waals surface area contributed by atoms with Crippen molar-refractivity contribution in [1.82, 2.24) is 19.6 Å². The van der Waals surface area contributed by atoms with Crippen molar-refractivity contribution in [3.63, 3.8) is 0 Å². The summed E-state index contributed by atoms with van der Waals surface area (Å²) in [4.78, 5) is 4.61. The molecule has 2 aromatic carbocycles. The molecule has 0 atom stereocenters. The number of rotatable bonds is 5. The molecule has 30 heavy (non-hydrogen) atoms. The molecular formula is C22H23Cl2N5S. The molecule has 1 aromatic heterocycles. The Bertz CT molecular complexity index is 1010. The third-order valence-electron chi connectivity index (χ3n) is 5.12. The number of piperazine rings is 1. The van der Waals surface area contributed by atoms with Crippen molar-refractivity contribution in [2.75, 3.05) is 31.5 Å². The molecule has 0 unspecified atom stereocenters. The first-order valence-electron chi connectivity index (χ1n) is 9.86. The average molecular weight is 460 g/mol. The van der Waals surface area contributed by atoms with Crippen LogP contribution >= 0.6 is 35.4 Å². The van der Waals surface area contributed by atoms with Crippen LogP contribution in [0, 0.1) is 0 Å². The Balaban J connectivity index is 1.27. The molecule has 1 aliphatic rings. The van der Waals surface area contributed by atoms with Gasteiger partial charge in [-0.1, -0.05) is 53.5 Å². The lowest BCUT2D eigenvalue weighted by Gasteiger charge is -2.36. The minimum atomic E-state index is 0.621. The van der Waals surface area contributed by atoms with Gasteiger partial charge >= 0.3 is 0 Å². The van der Waals surface area contributed by atoms with Crippen LogP contribution in [0.3, 0.4) is 0 Å². The molecule has 1 saturated heterocycles. The lowest BCUT2D eigenvalue weighted by Crippen LogP contribution is -2.49. The van der Waals surface area contributed by atoms with Crippen molar-refractivity contribution in [2.45, 2.75) is 13.1 Å². The highest BCUT2D eigenvalue weighted by atomic mass is 35.5. The zero-order valence-electron chi connectivity index (χ0n) is 16.5. The number of aromatic nitrogens is 2. The highest BCUT2D eigenvalue weighted by Crippen LogP contribution is 2.17. The molecule has 8 heteroatoms. The first-order valence-corrected chi connectivity index (χ1v) is 11.0. The summed E-state index contributed by atoms with van der Waals surface area (Å²) in [6.45, 7) is 5.20. The summed E-state index contributed by atoms with van der Waals surface area (Å²) < 4.78 is 1.86. The van der Waals surface area contributed by atoms with Crippen molar-refractivity contribution >= 4 is 46.4 Å². The maximum absolute atomic E-state index is 6.24. The van der Waals surface area contributed by atoms with E-state index >= 15 is 0 Å². The lowest BCUT2D eigenvalue weighted by molar-refractivity contribution is 0.177. The number of halogens is 2. The van der Waals surface area contributed by atoms with Gasteiger partial charge in [-0.05, 0) is 41.5 Å². The Labute approximate surface area is 192 Å². The number of hydrogen-bond donors (Lipinski definition) is 1. The number of thiocarbonyl (C=S) groups is 1. The van der Waals surface area contributed by atoms with Crippen LogP contribution in [0.2, 0.25) is 10.0 Å². The molecule has 1 fully saturated rings. The number of nitrogens with one attached hydrogen (secondary N) is 1. The van der Waals surface area contributed by atoms with E-state index in [1.807, 2.05) is 59.4 Å². The second-order valence-corrected chi connectivity index (χ2v) is 8.54. The maximum atomic E-state index is 6.24. The van der Waals surface area contributed by atoms with E-state index in [0.29, 0.717) is 11.7 Å². The Morgan fingerprint density at radius 2 is 1.77 bits per heavy atom. The number of hydrogen-bond acceptors (Lipinski definition) is 3. The van der Waals surface area contributed by atoms with E-state index in [-0.39, 0.29) is 0 Å². The molecular weight excluding hydrogens is 437 g/mol. The summed E-state index contributed by atoms with van der Waals surface area (Å²) in [5.74, 6) is 0.744. The van der Waals surface area contributed by atoms with Gasteiger partial charge in [0.25, 0.3) is 0 Å². The third kappa shape index (κ3) is 5.52. The molecule has 0 spiro atoms. The maximum Gasteiger partial charge on any atom is 0.174 e. The van der Waals surface area contributed by atoms with Gasteiger partial charge in [0.1, 0.15) is 0 Å². The zero-order chi connectivity index (χ0) is 20.9. The fraction of sp³-hybridized carbons (Fsp3) is 0.273. The summed E-state index contributed by atoms with van der Waals surface area (Å²) >= 11 is 17.9. The molecule has 3 aromatic rings. The molecule has 0 bridgehead atoms. The summed E-state index contributed by atoms with van der Waals surface area (Å²) in [5, 5.41) is 10.1. The van der Waals surface area contributed by atoms with Crippen LogP contribution in [0.5, 0.6) is 0 Å². The zero-order valence-corrected chi connectivity index (χ0v) is 18.8. The molecule has 0 radical (unpaired) electrons. The van der Waals surface area contributed by atoms with E-state index < -0.39 is 0 Å². The van der Waals surface area contributed by atoms with Crippen molar-refractivity contribution in [1.29, 1.82) is 0 Å². The van der Waals surface area contributed by atoms with Gasteiger partial charge < -0.3 is 10.2 Å². The highest BCUT2D eigenvalue weighted by molar-refractivity contribution is 7.80. The van der Waals surface area contributed by atoms with Crippen molar-refractivity contribution in [3.05, 3.63) is 82.0 Å². The van der Waals surface area contributed by atoms with E-state index in [0.717, 1.165) is 54.2 Å². The SMILES string of the molecule is S=C(Nc1ccn(Cc2ccccc2Cl)n1)N1CCN(Cc2cccc(Cl)c2)CC1. The topological polar surface area (TPSA) is 36.3 Å². The molecule has 156 valence electrons. The van der Waals surface area contributed by atoms with Gasteiger partial charge in [0.05, 0.1) is 6.54 Å². The summed E-state index contributed by atoms with van der Waals surface area (Å²) in [6.07, 6.45) is 1.93. The van der Waals surface area contributed by atoms with Crippen LogP contribution in [0.4, 0.5) is 5.82 Å². The van der Waals surface area contributed by atoms with Crippen LogP contribution in [0.15, 0.2) is 60.8 Å². The van der Waals surface area contributed by atoms with Crippen LogP contribution < -0.4 is 5.32 Å². The molecule has 0 saturated carbocycles. The van der Waals surface area contributed by atoms with Crippen molar-refractivity contribution in [3.8, 4) is 0 Å². The largest absolute Gasteiger partial charge is 0.346 e. The van der Waals surface area contributed by atoms with Gasteiger partial charge in [-0.3, -0.25) is 9.58 Å². The van der Waals surface area contributed by atoms with Gasteiger partial charge in [-0.15, -0.1) is 0 Å². The first-order chi connectivity index (χ1) is 14.6. The average Bonchev–Trinajstić information content (AvgIpc) is 3.17. The molecule has 0 amide bonds. The smallest absolute Gasteiger partial charge is 0.174 e. The van der Waals surface area contributed by atoms with Crippen LogP contribution in [0.1, 0.15) is 11.1 Å². The number of anilines is 1. The number of nitrogens with zero attached hydrogens (tertiary/aromatic N) is 4. The van der Waals surface area contributed by atoms with Crippen molar-refractivity contribution < 1.29 is 0 Å². The second-order valence-electron chi connectivity index (χ2n) is 7.31. The number of benzene rings is 2. The fourth-order valence-corrected chi connectivity index (χ4v) is 4.20. The van der Waals surface area contributed by atoms with E-state index in [4.69, 9.17) is 35.4 Å². The molecule has 2 heterocycles. The van der Waals surface area contributed by atoms with Crippen LogP contribution in [-0.4, -0.2) is 50.9 Å². The fourth-order valence-electron chi connectivity index (χ4n) is 3.51. The van der Waals surface area contributed by atoms with Gasteiger partial charge in [0, 0.05) is 55.0 Å². The molecule has 5 nitrogen and oxygen atoms in total. The van der Waals surface area contributed by atoms with Crippen LogP contribution in [0.25, 0.3) is 0 Å². The Morgan fingerprint density at radius 1 is 0.967 bits per heavy atom. The van der Waals surface area contributed by atoms with Gasteiger partial charge in [0.15, 0.2) is 10.9 Å². The van der Waals surface area contributed by atoms with Gasteiger partial charge in [0.2, 0.25) is 0 Å². The Kier molecular flexibility index (Phi) is 6.89. The minimum Gasteiger partial charge on any atom is -0.346 e. The quantitative estimate of drug-likeness (QED) is 0.556. The highest BCUT2D eigenvalue weighted by Gasteiger charge is 2.19. The third-order valence-corrected chi connectivity index (χ3v) is 6.08. The Morgan fingerprint density at radius 3 is 2.53 bits per heavy atom. The molecule has 1 N–H and O–H groups in total. The predicted octanol–water partition coefficient (Wildman–Crippen LogP) is 4.75. The second kappa shape index (κ2) is 9.79. The van der Waals surface area contributed by atoms with Crippen LogP contribution in [-0.2, 0) is 13.1 Å². The summed E-state index contributed by atoms with van der Waals surface area (Å²) in [5.41, 5.74) is 2.27. The van der Waals surface area contributed by atoms with Gasteiger partial charge in [-0.2, -0.15) is 5.10 Å². The normalized spacial score (nSPS) is 14.7. The monoisotopic (exact) mass is 459 g/mol. The van der Waals surface area contributed by atoms with E-state index in [1.165, 1.54) is 5.56 Å². The van der Waals surface area contributed by atoms with E-state index in [9.17, 15) is 0 Å². The standard InChI is InChI=1S/C22H23Cl2N5S/c23-19-6-3-4-17(14-19)15-27-10-12-28(13-11-27)22(30)25-21-8-9-29(26-21)16-18-5-1-2-7-20(18)24/h1-9,14H,10-13,15-16H2,(H,25,26,30). The Hall–Kier alpha value is -2.12. The predicted molar refractivity (Wildman–Crippen MR) is 127 cm³/mol. The molecule has 0 aliphatic carbocycles. The van der Waals surface area contributed by atoms with E-state index in [2.05, 4.69) is 26.3 Å². The summed E-state index contributed by atoms with van der Waals surface area (Å²) in [6, 6.07) is 17.8. The van der Waals surface area contributed by atoms with Crippen molar-refractivity contribution in [2.24, 2.45) is 0 Å². The molecule has 4 rings (SSSR count). The van der Waals surface area contributed by atoms with Gasteiger partial charge in [-0.25, -0.2) is 0 Å².